The second kappa shape index (κ2) is 7.62. The maximum absolute atomic E-state index is 11.7. The Hall–Kier alpha value is -2.57. The van der Waals surface area contributed by atoms with Crippen molar-refractivity contribution < 1.29 is 19.1 Å². The Morgan fingerprint density at radius 2 is 2.09 bits per heavy atom. The fourth-order valence-corrected chi connectivity index (χ4v) is 2.34. The van der Waals surface area contributed by atoms with Crippen LogP contribution in [0.4, 0.5) is 4.79 Å². The predicted molar refractivity (Wildman–Crippen MR) is 84.1 cm³/mol. The van der Waals surface area contributed by atoms with Gasteiger partial charge in [0.1, 0.15) is 18.4 Å². The molecule has 1 aliphatic rings. The van der Waals surface area contributed by atoms with Gasteiger partial charge < -0.3 is 15.4 Å². The maximum atomic E-state index is 11.7. The zero-order valence-electron chi connectivity index (χ0n) is 13.3. The molecule has 0 saturated carbocycles. The van der Waals surface area contributed by atoms with Crippen molar-refractivity contribution in [1.29, 1.82) is 0 Å². The minimum atomic E-state index is -0.625. The molecule has 1 fully saturated rings. The van der Waals surface area contributed by atoms with E-state index in [2.05, 4.69) is 16.0 Å². The number of ether oxygens (including phenoxy) is 1. The Kier molecular flexibility index (Phi) is 5.56. The summed E-state index contributed by atoms with van der Waals surface area (Å²) >= 11 is 0. The van der Waals surface area contributed by atoms with Crippen molar-refractivity contribution in [3.63, 3.8) is 0 Å². The Balaban J connectivity index is 1.63. The number of rotatable bonds is 7. The van der Waals surface area contributed by atoms with Gasteiger partial charge in [0, 0.05) is 6.42 Å². The largest absolute Gasteiger partial charge is 0.491 e. The second-order valence-corrected chi connectivity index (χ2v) is 5.52. The van der Waals surface area contributed by atoms with E-state index < -0.39 is 12.1 Å². The number of hydrogen-bond acceptors (Lipinski definition) is 4. The first-order chi connectivity index (χ1) is 11.0. The molecule has 0 bridgehead atoms. The number of amides is 4. The van der Waals surface area contributed by atoms with E-state index in [1.165, 1.54) is 5.56 Å². The molecule has 1 saturated heterocycles. The lowest BCUT2D eigenvalue weighted by atomic mass is 10.1. The highest BCUT2D eigenvalue weighted by Crippen LogP contribution is 2.18. The molecule has 1 aromatic carbocycles. The molecular weight excluding hydrogens is 298 g/mol. The van der Waals surface area contributed by atoms with E-state index in [0.29, 0.717) is 13.2 Å². The molecule has 1 aliphatic heterocycles. The quantitative estimate of drug-likeness (QED) is 0.511. The summed E-state index contributed by atoms with van der Waals surface area (Å²) in [6, 6.07) is 4.78. The van der Waals surface area contributed by atoms with Crippen LogP contribution >= 0.6 is 0 Å². The minimum absolute atomic E-state index is 0.169. The van der Waals surface area contributed by atoms with Crippen LogP contribution in [0.5, 0.6) is 5.75 Å². The normalized spacial score (nSPS) is 16.7. The smallest absolute Gasteiger partial charge is 0.322 e. The maximum Gasteiger partial charge on any atom is 0.322 e. The molecule has 2 rings (SSSR count). The first-order valence-corrected chi connectivity index (χ1v) is 7.54. The zero-order valence-corrected chi connectivity index (χ0v) is 13.3. The van der Waals surface area contributed by atoms with Crippen LogP contribution in [0.25, 0.3) is 0 Å². The van der Waals surface area contributed by atoms with Gasteiger partial charge in [0.25, 0.3) is 5.91 Å². The van der Waals surface area contributed by atoms with E-state index in [1.54, 1.807) is 0 Å². The van der Waals surface area contributed by atoms with Crippen molar-refractivity contribution in [3.8, 4) is 5.75 Å². The number of aryl methyl sites for hydroxylation is 2. The SMILES string of the molecule is Cc1ccc(OCCNC(=O)CCC2NC(=O)NC2=O)c(C)c1. The highest BCUT2D eigenvalue weighted by molar-refractivity contribution is 6.04. The van der Waals surface area contributed by atoms with Gasteiger partial charge in [0.2, 0.25) is 5.91 Å². The third-order valence-electron chi connectivity index (χ3n) is 3.53. The van der Waals surface area contributed by atoms with E-state index in [9.17, 15) is 14.4 Å². The molecule has 7 heteroatoms. The van der Waals surface area contributed by atoms with Crippen LogP contribution in [0.3, 0.4) is 0 Å². The lowest BCUT2D eigenvalue weighted by Crippen LogP contribution is -2.33. The molecule has 1 heterocycles. The first kappa shape index (κ1) is 16.8. The number of carbonyl (C=O) groups excluding carboxylic acids is 3. The van der Waals surface area contributed by atoms with Gasteiger partial charge in [-0.25, -0.2) is 4.79 Å². The Morgan fingerprint density at radius 3 is 2.74 bits per heavy atom. The number of benzene rings is 1. The molecule has 0 spiro atoms. The standard InChI is InChI=1S/C16H21N3O4/c1-10-3-5-13(11(2)9-10)23-8-7-17-14(20)6-4-12-15(21)19-16(22)18-12/h3,5,9,12H,4,6-8H2,1-2H3,(H,17,20)(H2,18,19,21,22). The summed E-state index contributed by atoms with van der Waals surface area (Å²) in [7, 11) is 0. The van der Waals surface area contributed by atoms with Crippen molar-refractivity contribution in [1.82, 2.24) is 16.0 Å². The van der Waals surface area contributed by atoms with Gasteiger partial charge in [0.15, 0.2) is 0 Å². The van der Waals surface area contributed by atoms with Gasteiger partial charge in [-0.1, -0.05) is 17.7 Å². The molecule has 0 aliphatic carbocycles. The van der Waals surface area contributed by atoms with Crippen LogP contribution in [0.2, 0.25) is 0 Å². The molecule has 1 unspecified atom stereocenters. The average molecular weight is 319 g/mol. The molecule has 7 nitrogen and oxygen atoms in total. The summed E-state index contributed by atoms with van der Waals surface area (Å²) in [6.45, 7) is 4.75. The second-order valence-electron chi connectivity index (χ2n) is 5.52. The monoisotopic (exact) mass is 319 g/mol. The number of carbonyl (C=O) groups is 3. The summed E-state index contributed by atoms with van der Waals surface area (Å²) < 4.78 is 5.62. The average Bonchev–Trinajstić information content (AvgIpc) is 2.81. The molecule has 0 radical (unpaired) electrons. The van der Waals surface area contributed by atoms with E-state index in [4.69, 9.17) is 4.74 Å². The Labute approximate surface area is 134 Å². The van der Waals surface area contributed by atoms with Crippen molar-refractivity contribution in [2.45, 2.75) is 32.7 Å². The topological polar surface area (TPSA) is 96.5 Å². The molecule has 23 heavy (non-hydrogen) atoms. The highest BCUT2D eigenvalue weighted by atomic mass is 16.5. The lowest BCUT2D eigenvalue weighted by molar-refractivity contribution is -0.122. The van der Waals surface area contributed by atoms with Crippen molar-refractivity contribution in [3.05, 3.63) is 29.3 Å². The molecule has 1 atom stereocenters. The molecule has 1 aromatic rings. The summed E-state index contributed by atoms with van der Waals surface area (Å²) in [5, 5.41) is 7.31. The summed E-state index contributed by atoms with van der Waals surface area (Å²) in [4.78, 5) is 34.0. The van der Waals surface area contributed by atoms with Crippen LogP contribution in [0.1, 0.15) is 24.0 Å². The van der Waals surface area contributed by atoms with Crippen LogP contribution in [-0.4, -0.2) is 37.0 Å². The van der Waals surface area contributed by atoms with Crippen LogP contribution in [0, 0.1) is 13.8 Å². The number of nitrogens with one attached hydrogen (secondary N) is 3. The summed E-state index contributed by atoms with van der Waals surface area (Å²) in [6.07, 6.45) is 0.448. The van der Waals surface area contributed by atoms with Gasteiger partial charge in [-0.05, 0) is 31.9 Å². The number of hydrogen-bond donors (Lipinski definition) is 3. The van der Waals surface area contributed by atoms with Crippen molar-refractivity contribution >= 4 is 17.8 Å². The van der Waals surface area contributed by atoms with Crippen molar-refractivity contribution in [2.24, 2.45) is 0 Å². The Morgan fingerprint density at radius 1 is 1.30 bits per heavy atom. The fourth-order valence-electron chi connectivity index (χ4n) is 2.34. The highest BCUT2D eigenvalue weighted by Gasteiger charge is 2.29. The molecule has 3 N–H and O–H groups in total. The fraction of sp³-hybridized carbons (Fsp3) is 0.438. The van der Waals surface area contributed by atoms with Gasteiger partial charge in [0.05, 0.1) is 6.54 Å². The molecule has 124 valence electrons. The van der Waals surface area contributed by atoms with E-state index in [-0.39, 0.29) is 24.7 Å². The molecular formula is C16H21N3O4. The summed E-state index contributed by atoms with van der Waals surface area (Å²) in [5.74, 6) is 0.236. The minimum Gasteiger partial charge on any atom is -0.491 e. The number of urea groups is 1. The Bertz CT molecular complexity index is 615. The first-order valence-electron chi connectivity index (χ1n) is 7.54. The van der Waals surface area contributed by atoms with E-state index in [1.807, 2.05) is 32.0 Å². The molecule has 0 aromatic heterocycles. The van der Waals surface area contributed by atoms with Crippen LogP contribution in [-0.2, 0) is 9.59 Å². The third kappa shape index (κ3) is 4.98. The molecule has 4 amide bonds. The van der Waals surface area contributed by atoms with E-state index in [0.717, 1.165) is 11.3 Å². The lowest BCUT2D eigenvalue weighted by Gasteiger charge is -2.11. The van der Waals surface area contributed by atoms with Crippen molar-refractivity contribution in [2.75, 3.05) is 13.2 Å². The van der Waals surface area contributed by atoms with Gasteiger partial charge in [-0.15, -0.1) is 0 Å². The van der Waals surface area contributed by atoms with Gasteiger partial charge in [-0.3, -0.25) is 14.9 Å². The predicted octanol–water partition coefficient (Wildman–Crippen LogP) is 0.787. The third-order valence-corrected chi connectivity index (χ3v) is 3.53. The van der Waals surface area contributed by atoms with Crippen LogP contribution in [0.15, 0.2) is 18.2 Å². The van der Waals surface area contributed by atoms with Crippen LogP contribution < -0.4 is 20.7 Å². The van der Waals surface area contributed by atoms with Gasteiger partial charge in [-0.2, -0.15) is 0 Å². The van der Waals surface area contributed by atoms with Gasteiger partial charge >= 0.3 is 6.03 Å². The van der Waals surface area contributed by atoms with E-state index >= 15 is 0 Å². The summed E-state index contributed by atoms with van der Waals surface area (Å²) in [5.41, 5.74) is 2.23. The number of imide groups is 1. The zero-order chi connectivity index (χ0) is 16.8.